The third kappa shape index (κ3) is 2.84. The molecule has 2 heterocycles. The first-order valence-corrected chi connectivity index (χ1v) is 10.9. The van der Waals surface area contributed by atoms with Crippen molar-refractivity contribution in [3.05, 3.63) is 74.5 Å². The number of aromatic amines is 2. The van der Waals surface area contributed by atoms with Crippen molar-refractivity contribution in [1.29, 1.82) is 0 Å². The van der Waals surface area contributed by atoms with E-state index in [-0.39, 0.29) is 10.9 Å². The summed E-state index contributed by atoms with van der Waals surface area (Å²) in [4.78, 5) is 36.2. The van der Waals surface area contributed by atoms with Crippen LogP contribution in [-0.2, 0) is 6.42 Å². The third-order valence-electron chi connectivity index (χ3n) is 6.29. The summed E-state index contributed by atoms with van der Waals surface area (Å²) in [5.41, 5.74) is 4.87. The van der Waals surface area contributed by atoms with E-state index in [2.05, 4.69) is 35.6 Å². The van der Waals surface area contributed by atoms with Crippen molar-refractivity contribution in [2.75, 3.05) is 18.0 Å². The molecule has 0 aliphatic rings. The molecule has 0 spiro atoms. The number of hydrogen-bond donors (Lipinski definition) is 2. The highest BCUT2D eigenvalue weighted by atomic mass is 16.1. The molecule has 0 fully saturated rings. The van der Waals surface area contributed by atoms with Gasteiger partial charge in [0.15, 0.2) is 10.9 Å². The molecule has 5 heteroatoms. The van der Waals surface area contributed by atoms with E-state index < -0.39 is 0 Å². The van der Waals surface area contributed by atoms with Crippen molar-refractivity contribution in [2.24, 2.45) is 0 Å². The largest absolute Gasteiger partial charge is 0.370 e. The zero-order chi connectivity index (χ0) is 21.7. The Morgan fingerprint density at radius 3 is 2.23 bits per heavy atom. The molecule has 5 aromatic rings. The van der Waals surface area contributed by atoms with Crippen molar-refractivity contribution >= 4 is 49.3 Å². The van der Waals surface area contributed by atoms with E-state index in [4.69, 9.17) is 0 Å². The van der Waals surface area contributed by atoms with Crippen LogP contribution in [-0.4, -0.2) is 23.1 Å². The predicted molar refractivity (Wildman–Crippen MR) is 131 cm³/mol. The SMILES string of the molecule is CCc1ccc2[nH]c3c(N(CC)CC)c4c(=O)c5ccccc5[nH]c4cc3c(=O)c2c1. The minimum Gasteiger partial charge on any atom is -0.370 e. The second-order valence-corrected chi connectivity index (χ2v) is 7.93. The van der Waals surface area contributed by atoms with E-state index in [1.54, 1.807) is 0 Å². The monoisotopic (exact) mass is 411 g/mol. The van der Waals surface area contributed by atoms with Crippen LogP contribution >= 0.6 is 0 Å². The first-order valence-electron chi connectivity index (χ1n) is 10.9. The summed E-state index contributed by atoms with van der Waals surface area (Å²) in [6.45, 7) is 7.67. The summed E-state index contributed by atoms with van der Waals surface area (Å²) in [5, 5.41) is 2.55. The number of para-hydroxylation sites is 1. The summed E-state index contributed by atoms with van der Waals surface area (Å²) >= 11 is 0. The van der Waals surface area contributed by atoms with Gasteiger partial charge in [-0.15, -0.1) is 0 Å². The lowest BCUT2D eigenvalue weighted by molar-refractivity contribution is 0.873. The highest BCUT2D eigenvalue weighted by molar-refractivity contribution is 6.13. The number of H-pyrrole nitrogens is 2. The molecule has 5 rings (SSSR count). The highest BCUT2D eigenvalue weighted by Gasteiger charge is 2.20. The number of nitrogens with zero attached hydrogens (tertiary/aromatic N) is 1. The molecule has 0 atom stereocenters. The van der Waals surface area contributed by atoms with Crippen LogP contribution in [0.4, 0.5) is 5.69 Å². The molecule has 156 valence electrons. The zero-order valence-corrected chi connectivity index (χ0v) is 18.0. The Bertz CT molecular complexity index is 1590. The summed E-state index contributed by atoms with van der Waals surface area (Å²) in [6, 6.07) is 15.3. The van der Waals surface area contributed by atoms with Crippen molar-refractivity contribution in [2.45, 2.75) is 27.2 Å². The van der Waals surface area contributed by atoms with Crippen LogP contribution in [0.3, 0.4) is 0 Å². The molecule has 0 saturated carbocycles. The van der Waals surface area contributed by atoms with E-state index in [9.17, 15) is 9.59 Å². The minimum absolute atomic E-state index is 0.0108. The molecule has 0 saturated heterocycles. The van der Waals surface area contributed by atoms with Gasteiger partial charge in [-0.3, -0.25) is 9.59 Å². The topological polar surface area (TPSA) is 69.0 Å². The Morgan fingerprint density at radius 1 is 0.742 bits per heavy atom. The molecule has 2 N–H and O–H groups in total. The number of aryl methyl sites for hydroxylation is 1. The summed E-state index contributed by atoms with van der Waals surface area (Å²) in [6.07, 6.45) is 0.870. The van der Waals surface area contributed by atoms with E-state index in [1.165, 1.54) is 0 Å². The average Bonchev–Trinajstić information content (AvgIpc) is 2.80. The number of hydrogen-bond acceptors (Lipinski definition) is 3. The molecule has 31 heavy (non-hydrogen) atoms. The molecular weight excluding hydrogens is 386 g/mol. The van der Waals surface area contributed by atoms with Crippen LogP contribution in [0.2, 0.25) is 0 Å². The van der Waals surface area contributed by atoms with Crippen LogP contribution in [0.5, 0.6) is 0 Å². The fourth-order valence-electron chi connectivity index (χ4n) is 4.62. The predicted octanol–water partition coefficient (Wildman–Crippen LogP) is 5.08. The third-order valence-corrected chi connectivity index (χ3v) is 6.29. The minimum atomic E-state index is -0.0181. The maximum atomic E-state index is 13.6. The number of rotatable bonds is 4. The average molecular weight is 412 g/mol. The van der Waals surface area contributed by atoms with Crippen LogP contribution < -0.4 is 15.8 Å². The first kappa shape index (κ1) is 19.4. The van der Waals surface area contributed by atoms with Gasteiger partial charge >= 0.3 is 0 Å². The Labute approximate surface area is 179 Å². The lowest BCUT2D eigenvalue weighted by Crippen LogP contribution is -2.25. The fourth-order valence-corrected chi connectivity index (χ4v) is 4.62. The van der Waals surface area contributed by atoms with E-state index in [0.717, 1.165) is 47.3 Å². The fraction of sp³-hybridized carbons (Fsp3) is 0.231. The Morgan fingerprint density at radius 2 is 1.48 bits per heavy atom. The Hall–Kier alpha value is -3.60. The molecule has 2 aromatic heterocycles. The summed E-state index contributed by atoms with van der Waals surface area (Å²) in [5.74, 6) is 0. The smallest absolute Gasteiger partial charge is 0.199 e. The van der Waals surface area contributed by atoms with Gasteiger partial charge in [-0.2, -0.15) is 0 Å². The highest BCUT2D eigenvalue weighted by Crippen LogP contribution is 2.33. The van der Waals surface area contributed by atoms with Crippen molar-refractivity contribution < 1.29 is 0 Å². The quantitative estimate of drug-likeness (QED) is 0.405. The van der Waals surface area contributed by atoms with Gasteiger partial charge in [0, 0.05) is 34.9 Å². The number of anilines is 1. The number of pyridine rings is 2. The van der Waals surface area contributed by atoms with Gasteiger partial charge in [-0.05, 0) is 56.2 Å². The Kier molecular flexibility index (Phi) is 4.54. The molecule has 3 aromatic carbocycles. The second kappa shape index (κ2) is 7.27. The maximum Gasteiger partial charge on any atom is 0.199 e. The maximum absolute atomic E-state index is 13.6. The van der Waals surface area contributed by atoms with Crippen LogP contribution in [0.25, 0.3) is 43.6 Å². The second-order valence-electron chi connectivity index (χ2n) is 7.93. The van der Waals surface area contributed by atoms with E-state index in [1.807, 2.05) is 48.5 Å². The zero-order valence-electron chi connectivity index (χ0n) is 18.0. The summed E-state index contributed by atoms with van der Waals surface area (Å²) in [7, 11) is 0. The molecule has 0 bridgehead atoms. The van der Waals surface area contributed by atoms with Gasteiger partial charge in [0.2, 0.25) is 0 Å². The van der Waals surface area contributed by atoms with Crippen molar-refractivity contribution in [3.8, 4) is 0 Å². The van der Waals surface area contributed by atoms with Gasteiger partial charge in [0.25, 0.3) is 0 Å². The lowest BCUT2D eigenvalue weighted by Gasteiger charge is -2.24. The van der Waals surface area contributed by atoms with Crippen LogP contribution in [0, 0.1) is 0 Å². The van der Waals surface area contributed by atoms with E-state index >= 15 is 0 Å². The van der Waals surface area contributed by atoms with Gasteiger partial charge < -0.3 is 14.9 Å². The van der Waals surface area contributed by atoms with Gasteiger partial charge in [-0.25, -0.2) is 0 Å². The number of aromatic nitrogens is 2. The molecule has 0 aliphatic carbocycles. The number of benzene rings is 3. The standard InChI is InChI=1S/C26H25N3O2/c1-4-15-11-12-20-17(13-15)25(30)18-14-21-22(24(23(18)28-20)29(5-2)6-3)26(31)16-9-7-8-10-19(16)27-21/h7-14H,4-6H2,1-3H3,(H,27,31)(H,28,30). The number of fused-ring (bicyclic) bond motifs is 4. The van der Waals surface area contributed by atoms with Crippen molar-refractivity contribution in [1.82, 2.24) is 9.97 Å². The molecule has 5 nitrogen and oxygen atoms in total. The van der Waals surface area contributed by atoms with Crippen LogP contribution in [0.1, 0.15) is 26.3 Å². The molecular formula is C26H25N3O2. The van der Waals surface area contributed by atoms with Crippen LogP contribution in [0.15, 0.2) is 58.1 Å². The molecule has 0 amide bonds. The Balaban J connectivity index is 2.06. The van der Waals surface area contributed by atoms with E-state index in [0.29, 0.717) is 27.1 Å². The number of nitrogens with one attached hydrogen (secondary N) is 2. The normalized spacial score (nSPS) is 11.7. The lowest BCUT2D eigenvalue weighted by atomic mass is 10.0. The molecule has 0 aliphatic heterocycles. The molecule has 0 unspecified atom stereocenters. The first-order chi connectivity index (χ1) is 15.1. The van der Waals surface area contributed by atoms with Gasteiger partial charge in [-0.1, -0.05) is 25.1 Å². The van der Waals surface area contributed by atoms with Gasteiger partial charge in [0.1, 0.15) is 0 Å². The molecule has 0 radical (unpaired) electrons. The summed E-state index contributed by atoms with van der Waals surface area (Å²) < 4.78 is 0. The van der Waals surface area contributed by atoms with Crippen molar-refractivity contribution in [3.63, 3.8) is 0 Å². The van der Waals surface area contributed by atoms with Gasteiger partial charge in [0.05, 0.1) is 27.5 Å².